The van der Waals surface area contributed by atoms with E-state index >= 15 is 0 Å². The highest BCUT2D eigenvalue weighted by atomic mass is 32.1. The first-order chi connectivity index (χ1) is 11.2. The maximum absolute atomic E-state index is 12.5. The fraction of sp³-hybridized carbons (Fsp3) is 0.389. The second-order valence-electron chi connectivity index (χ2n) is 5.81. The molecule has 1 saturated heterocycles. The zero-order valence-electron chi connectivity index (χ0n) is 13.5. The number of aryl methyl sites for hydroxylation is 1. The molecule has 0 atom stereocenters. The number of rotatable bonds is 4. The van der Waals surface area contributed by atoms with Gasteiger partial charge in [-0.15, -0.1) is 11.3 Å². The number of carbonyl (C=O) groups is 1. The van der Waals surface area contributed by atoms with Gasteiger partial charge in [-0.3, -0.25) is 4.79 Å². The van der Waals surface area contributed by atoms with Crippen molar-refractivity contribution in [2.24, 2.45) is 0 Å². The van der Waals surface area contributed by atoms with Gasteiger partial charge in [0, 0.05) is 10.9 Å². The van der Waals surface area contributed by atoms with Crippen LogP contribution in [0.1, 0.15) is 27.4 Å². The number of amides is 1. The van der Waals surface area contributed by atoms with Gasteiger partial charge in [-0.1, -0.05) is 12.1 Å². The lowest BCUT2D eigenvalue weighted by Gasteiger charge is -2.23. The van der Waals surface area contributed by atoms with Crippen molar-refractivity contribution in [1.29, 1.82) is 0 Å². The fourth-order valence-corrected chi connectivity index (χ4v) is 3.82. The molecule has 122 valence electrons. The third kappa shape index (κ3) is 3.74. The number of benzene rings is 1. The van der Waals surface area contributed by atoms with Crippen molar-refractivity contribution in [2.45, 2.75) is 25.8 Å². The minimum absolute atomic E-state index is 0.0461. The summed E-state index contributed by atoms with van der Waals surface area (Å²) in [6, 6.07) is 10.2. The van der Waals surface area contributed by atoms with Crippen molar-refractivity contribution in [3.63, 3.8) is 0 Å². The van der Waals surface area contributed by atoms with E-state index in [1.807, 2.05) is 30.3 Å². The van der Waals surface area contributed by atoms with Gasteiger partial charge in [-0.2, -0.15) is 0 Å². The molecule has 1 aliphatic rings. The molecular weight excluding hydrogens is 308 g/mol. The summed E-state index contributed by atoms with van der Waals surface area (Å²) in [4.78, 5) is 14.4. The number of hydrogen-bond donors (Lipinski definition) is 2. The normalized spacial score (nSPS) is 15.4. The van der Waals surface area contributed by atoms with Crippen LogP contribution in [0, 0.1) is 6.92 Å². The second kappa shape index (κ2) is 7.15. The van der Waals surface area contributed by atoms with E-state index in [1.54, 1.807) is 18.4 Å². The molecule has 0 saturated carbocycles. The van der Waals surface area contributed by atoms with Crippen molar-refractivity contribution in [2.75, 3.05) is 20.2 Å². The van der Waals surface area contributed by atoms with Crippen LogP contribution >= 0.6 is 11.3 Å². The molecule has 2 N–H and O–H groups in total. The number of piperidine rings is 1. The van der Waals surface area contributed by atoms with Crippen LogP contribution in [0.25, 0.3) is 11.1 Å². The van der Waals surface area contributed by atoms with Crippen LogP contribution in [0.3, 0.4) is 0 Å². The summed E-state index contributed by atoms with van der Waals surface area (Å²) >= 11 is 1.56. The minimum Gasteiger partial charge on any atom is -0.497 e. The standard InChI is InChI=1S/C18H22N2O2S/c1-12-16(13-3-5-15(22-2)6-4-13)11-17(23-12)18(21)20-14-7-9-19-10-8-14/h3-6,11,14,19H,7-10H2,1-2H3,(H,20,21). The number of thiophene rings is 1. The lowest BCUT2D eigenvalue weighted by molar-refractivity contribution is 0.0933. The van der Waals surface area contributed by atoms with Gasteiger partial charge in [-0.25, -0.2) is 0 Å². The van der Waals surface area contributed by atoms with Crippen molar-refractivity contribution in [3.8, 4) is 16.9 Å². The quantitative estimate of drug-likeness (QED) is 0.905. The predicted octanol–water partition coefficient (Wildman–Crippen LogP) is 3.21. The summed E-state index contributed by atoms with van der Waals surface area (Å²) in [5.41, 5.74) is 2.23. The summed E-state index contributed by atoms with van der Waals surface area (Å²) in [6.07, 6.45) is 2.00. The van der Waals surface area contributed by atoms with Gasteiger partial charge in [0.25, 0.3) is 5.91 Å². The van der Waals surface area contributed by atoms with Crippen LogP contribution in [0.15, 0.2) is 30.3 Å². The zero-order valence-corrected chi connectivity index (χ0v) is 14.3. The smallest absolute Gasteiger partial charge is 0.261 e. The molecule has 1 fully saturated rings. The fourth-order valence-electron chi connectivity index (χ4n) is 2.87. The Morgan fingerprint density at radius 2 is 1.96 bits per heavy atom. The molecule has 0 aliphatic carbocycles. The number of hydrogen-bond acceptors (Lipinski definition) is 4. The molecule has 1 aromatic carbocycles. The Kier molecular flexibility index (Phi) is 4.98. The van der Waals surface area contributed by atoms with E-state index < -0.39 is 0 Å². The average Bonchev–Trinajstić information content (AvgIpc) is 2.98. The topological polar surface area (TPSA) is 50.4 Å². The third-order valence-electron chi connectivity index (χ3n) is 4.22. The highest BCUT2D eigenvalue weighted by Crippen LogP contribution is 2.32. The van der Waals surface area contributed by atoms with Crippen LogP contribution in [0.2, 0.25) is 0 Å². The third-order valence-corrected chi connectivity index (χ3v) is 5.27. The summed E-state index contributed by atoms with van der Waals surface area (Å²) in [5.74, 6) is 0.885. The molecule has 0 bridgehead atoms. The molecule has 23 heavy (non-hydrogen) atoms. The molecule has 0 radical (unpaired) electrons. The first-order valence-corrected chi connectivity index (χ1v) is 8.75. The van der Waals surface area contributed by atoms with E-state index in [9.17, 15) is 4.79 Å². The van der Waals surface area contributed by atoms with Crippen molar-refractivity contribution >= 4 is 17.2 Å². The van der Waals surface area contributed by atoms with Crippen LogP contribution in [0.5, 0.6) is 5.75 Å². The SMILES string of the molecule is COc1ccc(-c2cc(C(=O)NC3CCNCC3)sc2C)cc1. The van der Waals surface area contributed by atoms with Crippen molar-refractivity contribution in [3.05, 3.63) is 40.1 Å². The molecule has 1 amide bonds. The van der Waals surface area contributed by atoms with Crippen molar-refractivity contribution < 1.29 is 9.53 Å². The Labute approximate surface area is 140 Å². The molecule has 2 aromatic rings. The number of methoxy groups -OCH3 is 1. The van der Waals surface area contributed by atoms with Gasteiger partial charge >= 0.3 is 0 Å². The number of carbonyl (C=O) groups excluding carboxylic acids is 1. The van der Waals surface area contributed by atoms with Gasteiger partial charge in [-0.05, 0) is 62.2 Å². The van der Waals surface area contributed by atoms with E-state index in [-0.39, 0.29) is 11.9 Å². The summed E-state index contributed by atoms with van der Waals surface area (Å²) < 4.78 is 5.20. The molecule has 4 nitrogen and oxygen atoms in total. The summed E-state index contributed by atoms with van der Waals surface area (Å²) in [6.45, 7) is 4.02. The zero-order chi connectivity index (χ0) is 16.2. The maximum Gasteiger partial charge on any atom is 0.261 e. The van der Waals surface area contributed by atoms with E-state index in [2.05, 4.69) is 17.6 Å². The Bertz CT molecular complexity index is 673. The van der Waals surface area contributed by atoms with Gasteiger partial charge in [0.05, 0.1) is 12.0 Å². The molecule has 0 spiro atoms. The summed E-state index contributed by atoms with van der Waals surface area (Å²) in [7, 11) is 1.66. The molecular formula is C18H22N2O2S. The van der Waals surface area contributed by atoms with E-state index in [4.69, 9.17) is 4.74 Å². The van der Waals surface area contributed by atoms with Crippen molar-refractivity contribution in [1.82, 2.24) is 10.6 Å². The van der Waals surface area contributed by atoms with E-state index in [1.165, 1.54) is 0 Å². The highest BCUT2D eigenvalue weighted by Gasteiger charge is 2.19. The van der Waals surface area contributed by atoms with Crippen LogP contribution < -0.4 is 15.4 Å². The van der Waals surface area contributed by atoms with Gasteiger partial charge in [0.1, 0.15) is 5.75 Å². The lowest BCUT2D eigenvalue weighted by atomic mass is 10.1. The molecule has 3 rings (SSSR count). The molecule has 1 aromatic heterocycles. The number of nitrogens with one attached hydrogen (secondary N) is 2. The predicted molar refractivity (Wildman–Crippen MR) is 94.4 cm³/mol. The largest absolute Gasteiger partial charge is 0.497 e. The molecule has 2 heterocycles. The average molecular weight is 330 g/mol. The van der Waals surface area contributed by atoms with Crippen LogP contribution in [0.4, 0.5) is 0 Å². The highest BCUT2D eigenvalue weighted by molar-refractivity contribution is 7.14. The van der Waals surface area contributed by atoms with E-state index in [0.29, 0.717) is 0 Å². The van der Waals surface area contributed by atoms with Gasteiger partial charge < -0.3 is 15.4 Å². The second-order valence-corrected chi connectivity index (χ2v) is 7.06. The molecule has 5 heteroatoms. The van der Waals surface area contributed by atoms with Crippen LogP contribution in [-0.4, -0.2) is 32.1 Å². The number of ether oxygens (including phenoxy) is 1. The monoisotopic (exact) mass is 330 g/mol. The Balaban J connectivity index is 1.75. The maximum atomic E-state index is 12.5. The Morgan fingerprint density at radius 3 is 2.61 bits per heavy atom. The Hall–Kier alpha value is -1.85. The molecule has 1 aliphatic heterocycles. The molecule has 0 unspecified atom stereocenters. The van der Waals surface area contributed by atoms with Gasteiger partial charge in [0.2, 0.25) is 0 Å². The van der Waals surface area contributed by atoms with Gasteiger partial charge in [0.15, 0.2) is 0 Å². The van der Waals surface area contributed by atoms with E-state index in [0.717, 1.165) is 52.6 Å². The lowest BCUT2D eigenvalue weighted by Crippen LogP contribution is -2.42. The first kappa shape index (κ1) is 16.0. The minimum atomic E-state index is 0.0461. The Morgan fingerprint density at radius 1 is 1.26 bits per heavy atom. The van der Waals surface area contributed by atoms with Crippen LogP contribution in [-0.2, 0) is 0 Å². The first-order valence-electron chi connectivity index (χ1n) is 7.94. The summed E-state index contributed by atoms with van der Waals surface area (Å²) in [5, 5.41) is 6.47.